The summed E-state index contributed by atoms with van der Waals surface area (Å²) in [6, 6.07) is 7.04. The third-order valence-electron chi connectivity index (χ3n) is 3.65. The Bertz CT molecular complexity index is 617. The lowest BCUT2D eigenvalue weighted by Gasteiger charge is -2.18. The minimum absolute atomic E-state index is 0.133. The van der Waals surface area contributed by atoms with Crippen molar-refractivity contribution in [2.75, 3.05) is 19.7 Å². The molecule has 3 amide bonds. The van der Waals surface area contributed by atoms with Crippen LogP contribution in [0.25, 0.3) is 0 Å². The van der Waals surface area contributed by atoms with Crippen LogP contribution in [0.3, 0.4) is 0 Å². The number of hydrogen-bond donors (Lipinski definition) is 1. The lowest BCUT2D eigenvalue weighted by molar-refractivity contribution is -0.157. The predicted octanol–water partition coefficient (Wildman–Crippen LogP) is 1.50. The number of hydrogen-bond acceptors (Lipinski definition) is 5. The zero-order chi connectivity index (χ0) is 17.5. The molecule has 1 aromatic rings. The Kier molecular flexibility index (Phi) is 6.17. The monoisotopic (exact) mass is 334 g/mol. The van der Waals surface area contributed by atoms with Crippen molar-refractivity contribution in [1.82, 2.24) is 10.2 Å². The Morgan fingerprint density at radius 1 is 1.33 bits per heavy atom. The van der Waals surface area contributed by atoms with E-state index < -0.39 is 24.0 Å². The van der Waals surface area contributed by atoms with E-state index in [0.717, 1.165) is 16.2 Å². The van der Waals surface area contributed by atoms with Crippen molar-refractivity contribution in [1.29, 1.82) is 0 Å². The number of carbonyl (C=O) groups is 3. The molecule has 0 saturated carbocycles. The van der Waals surface area contributed by atoms with Crippen molar-refractivity contribution >= 4 is 17.9 Å². The molecule has 24 heavy (non-hydrogen) atoms. The summed E-state index contributed by atoms with van der Waals surface area (Å²) in [6.07, 6.45) is -0.392. The average molecular weight is 334 g/mol. The number of benzene rings is 1. The SMILES string of the molecule is CCOc1ccccc1CCC(=O)O[C@H](C)C(=O)N1CCNC1=O. The molecule has 7 heteroatoms. The van der Waals surface area contributed by atoms with Gasteiger partial charge in [-0.1, -0.05) is 18.2 Å². The van der Waals surface area contributed by atoms with Gasteiger partial charge in [0.2, 0.25) is 0 Å². The fourth-order valence-electron chi connectivity index (χ4n) is 2.45. The Morgan fingerprint density at radius 3 is 2.75 bits per heavy atom. The van der Waals surface area contributed by atoms with Gasteiger partial charge in [-0.2, -0.15) is 0 Å². The summed E-state index contributed by atoms with van der Waals surface area (Å²) >= 11 is 0. The Balaban J connectivity index is 1.85. The van der Waals surface area contributed by atoms with E-state index in [1.165, 1.54) is 6.92 Å². The summed E-state index contributed by atoms with van der Waals surface area (Å²) in [5, 5.41) is 2.54. The normalized spacial score (nSPS) is 14.9. The maximum Gasteiger partial charge on any atom is 0.324 e. The van der Waals surface area contributed by atoms with Crippen LogP contribution < -0.4 is 10.1 Å². The van der Waals surface area contributed by atoms with Crippen molar-refractivity contribution in [3.63, 3.8) is 0 Å². The van der Waals surface area contributed by atoms with Gasteiger partial charge in [-0.15, -0.1) is 0 Å². The van der Waals surface area contributed by atoms with Crippen LogP contribution in [0.5, 0.6) is 5.75 Å². The fraction of sp³-hybridized carbons (Fsp3) is 0.471. The van der Waals surface area contributed by atoms with Crippen LogP contribution in [0.2, 0.25) is 0 Å². The maximum absolute atomic E-state index is 12.1. The van der Waals surface area contributed by atoms with Crippen LogP contribution in [0.1, 0.15) is 25.8 Å². The fourth-order valence-corrected chi connectivity index (χ4v) is 2.45. The topological polar surface area (TPSA) is 84.9 Å². The zero-order valence-corrected chi connectivity index (χ0v) is 13.9. The van der Waals surface area contributed by atoms with Crippen molar-refractivity contribution in [3.05, 3.63) is 29.8 Å². The molecule has 0 unspecified atom stereocenters. The van der Waals surface area contributed by atoms with E-state index in [1.54, 1.807) is 0 Å². The molecule has 1 atom stereocenters. The van der Waals surface area contributed by atoms with E-state index in [4.69, 9.17) is 9.47 Å². The highest BCUT2D eigenvalue weighted by Gasteiger charge is 2.31. The number of amides is 3. The summed E-state index contributed by atoms with van der Waals surface area (Å²) in [5.74, 6) is -0.250. The lowest BCUT2D eigenvalue weighted by atomic mass is 10.1. The zero-order valence-electron chi connectivity index (χ0n) is 13.9. The van der Waals surface area contributed by atoms with Crippen molar-refractivity contribution in [2.24, 2.45) is 0 Å². The second-order valence-corrected chi connectivity index (χ2v) is 5.39. The molecule has 1 fully saturated rings. The van der Waals surface area contributed by atoms with Crippen molar-refractivity contribution in [2.45, 2.75) is 32.8 Å². The standard InChI is InChI=1S/C17H22N2O5/c1-3-23-14-7-5-4-6-13(14)8-9-15(20)24-12(2)16(21)19-11-10-18-17(19)22/h4-7,12H,3,8-11H2,1-2H3,(H,18,22)/t12-/m1/s1. The molecule has 2 rings (SSSR count). The van der Waals surface area contributed by atoms with Crippen LogP contribution in [-0.2, 0) is 20.7 Å². The Morgan fingerprint density at radius 2 is 2.08 bits per heavy atom. The lowest BCUT2D eigenvalue weighted by Crippen LogP contribution is -2.41. The smallest absolute Gasteiger partial charge is 0.324 e. The number of para-hydroxylation sites is 1. The molecule has 1 N–H and O–H groups in total. The molecular weight excluding hydrogens is 312 g/mol. The molecule has 0 aromatic heterocycles. The molecule has 0 bridgehead atoms. The van der Waals surface area contributed by atoms with E-state index in [9.17, 15) is 14.4 Å². The molecule has 1 aromatic carbocycles. The predicted molar refractivity (Wildman–Crippen MR) is 86.6 cm³/mol. The second kappa shape index (κ2) is 8.33. The molecule has 0 aliphatic carbocycles. The van der Waals surface area contributed by atoms with Crippen LogP contribution in [0.15, 0.2) is 24.3 Å². The number of imide groups is 1. The van der Waals surface area contributed by atoms with Gasteiger partial charge in [-0.3, -0.25) is 14.5 Å². The minimum atomic E-state index is -0.983. The number of aryl methyl sites for hydroxylation is 1. The van der Waals surface area contributed by atoms with Crippen molar-refractivity contribution in [3.8, 4) is 5.75 Å². The number of urea groups is 1. The van der Waals surface area contributed by atoms with Crippen LogP contribution in [-0.4, -0.2) is 48.6 Å². The first-order valence-electron chi connectivity index (χ1n) is 8.02. The van der Waals surface area contributed by atoms with Gasteiger partial charge in [0.25, 0.3) is 5.91 Å². The summed E-state index contributed by atoms with van der Waals surface area (Å²) in [4.78, 5) is 36.5. The van der Waals surface area contributed by atoms with Gasteiger partial charge in [0.15, 0.2) is 6.10 Å². The van der Waals surface area contributed by atoms with Gasteiger partial charge in [-0.25, -0.2) is 4.79 Å². The van der Waals surface area contributed by atoms with Crippen molar-refractivity contribution < 1.29 is 23.9 Å². The molecule has 0 radical (unpaired) electrons. The van der Waals surface area contributed by atoms with Gasteiger partial charge in [-0.05, 0) is 31.9 Å². The first-order chi connectivity index (χ1) is 11.5. The van der Waals surface area contributed by atoms with E-state index >= 15 is 0 Å². The van der Waals surface area contributed by atoms with Gasteiger partial charge in [0.1, 0.15) is 5.75 Å². The third-order valence-corrected chi connectivity index (χ3v) is 3.65. The summed E-state index contributed by atoms with van der Waals surface area (Å²) in [7, 11) is 0. The van der Waals surface area contributed by atoms with Gasteiger partial charge in [0, 0.05) is 19.5 Å². The number of nitrogens with one attached hydrogen (secondary N) is 1. The molecule has 0 spiro atoms. The Labute approximate surface area is 140 Å². The second-order valence-electron chi connectivity index (χ2n) is 5.39. The Hall–Kier alpha value is -2.57. The molecule has 7 nitrogen and oxygen atoms in total. The van der Waals surface area contributed by atoms with Gasteiger partial charge >= 0.3 is 12.0 Å². The van der Waals surface area contributed by atoms with Crippen LogP contribution in [0, 0.1) is 0 Å². The number of esters is 1. The highest BCUT2D eigenvalue weighted by atomic mass is 16.5. The van der Waals surface area contributed by atoms with Gasteiger partial charge < -0.3 is 14.8 Å². The quantitative estimate of drug-likeness (QED) is 0.764. The third kappa shape index (κ3) is 4.47. The number of rotatable bonds is 7. The molecule has 1 aliphatic rings. The van der Waals surface area contributed by atoms with E-state index in [1.807, 2.05) is 31.2 Å². The first kappa shape index (κ1) is 17.8. The van der Waals surface area contributed by atoms with Crippen LogP contribution >= 0.6 is 0 Å². The minimum Gasteiger partial charge on any atom is -0.494 e. The van der Waals surface area contributed by atoms with Gasteiger partial charge in [0.05, 0.1) is 6.61 Å². The highest BCUT2D eigenvalue weighted by Crippen LogP contribution is 2.19. The van der Waals surface area contributed by atoms with E-state index in [0.29, 0.717) is 26.1 Å². The van der Waals surface area contributed by atoms with E-state index in [-0.39, 0.29) is 6.42 Å². The maximum atomic E-state index is 12.1. The number of ether oxygens (including phenoxy) is 2. The molecular formula is C17H22N2O5. The molecule has 1 heterocycles. The average Bonchev–Trinajstić information content (AvgIpc) is 2.99. The summed E-state index contributed by atoms with van der Waals surface area (Å²) < 4.78 is 10.7. The molecule has 1 aliphatic heterocycles. The van der Waals surface area contributed by atoms with Crippen LogP contribution in [0.4, 0.5) is 4.79 Å². The highest BCUT2D eigenvalue weighted by molar-refractivity contribution is 5.98. The summed E-state index contributed by atoms with van der Waals surface area (Å²) in [5.41, 5.74) is 0.911. The summed E-state index contributed by atoms with van der Waals surface area (Å²) in [6.45, 7) is 4.62. The molecule has 1 saturated heterocycles. The molecule has 130 valence electrons. The number of carbonyl (C=O) groups excluding carboxylic acids is 3. The number of nitrogens with zero attached hydrogens (tertiary/aromatic N) is 1. The van der Waals surface area contributed by atoms with E-state index in [2.05, 4.69) is 5.32 Å². The first-order valence-corrected chi connectivity index (χ1v) is 8.02. The largest absolute Gasteiger partial charge is 0.494 e.